The lowest BCUT2D eigenvalue weighted by Gasteiger charge is -2.11. The molecule has 0 aliphatic heterocycles. The second-order valence-corrected chi connectivity index (χ2v) is 8.57. The van der Waals surface area contributed by atoms with Crippen molar-refractivity contribution in [1.82, 2.24) is 29.4 Å². The summed E-state index contributed by atoms with van der Waals surface area (Å²) < 4.78 is 29.1. The molecule has 3 aromatic rings. The molecule has 10 heteroatoms. The predicted molar refractivity (Wildman–Crippen MR) is 108 cm³/mol. The van der Waals surface area contributed by atoms with Gasteiger partial charge in [0, 0.05) is 26.1 Å². The largest absolute Gasteiger partial charge is 0.367 e. The van der Waals surface area contributed by atoms with Crippen molar-refractivity contribution in [3.63, 3.8) is 0 Å². The van der Waals surface area contributed by atoms with Gasteiger partial charge < -0.3 is 10.2 Å². The molecule has 150 valence electrons. The van der Waals surface area contributed by atoms with Gasteiger partial charge in [0.05, 0.1) is 4.90 Å². The third-order valence-corrected chi connectivity index (χ3v) is 5.59. The molecule has 0 fully saturated rings. The Bertz CT molecular complexity index is 1050. The standard InChI is InChI=1S/C18H25N7O2S/c1-14-5-4-6-15(13-14)28(26,27)20-10-9-18-22-21-17-8-7-16(23-25(17)18)19-11-12-24(2)3/h4-8,13,20H,9-12H2,1-3H3,(H,19,23). The first-order valence-electron chi connectivity index (χ1n) is 9.01. The zero-order valence-electron chi connectivity index (χ0n) is 16.3. The number of sulfonamides is 1. The van der Waals surface area contributed by atoms with Crippen LogP contribution in [0.4, 0.5) is 5.82 Å². The van der Waals surface area contributed by atoms with E-state index in [1.54, 1.807) is 22.7 Å². The number of nitrogens with one attached hydrogen (secondary N) is 2. The molecule has 0 aliphatic carbocycles. The summed E-state index contributed by atoms with van der Waals surface area (Å²) >= 11 is 0. The van der Waals surface area contributed by atoms with Crippen molar-refractivity contribution in [3.8, 4) is 0 Å². The lowest BCUT2D eigenvalue weighted by atomic mass is 10.2. The van der Waals surface area contributed by atoms with Gasteiger partial charge in [-0.1, -0.05) is 12.1 Å². The van der Waals surface area contributed by atoms with Crippen LogP contribution in [0.25, 0.3) is 5.65 Å². The Morgan fingerprint density at radius 1 is 1.11 bits per heavy atom. The summed E-state index contributed by atoms with van der Waals surface area (Å²) in [5.41, 5.74) is 1.51. The molecule has 2 aromatic heterocycles. The number of nitrogens with zero attached hydrogens (tertiary/aromatic N) is 5. The highest BCUT2D eigenvalue weighted by atomic mass is 32.2. The van der Waals surface area contributed by atoms with E-state index in [0.717, 1.165) is 24.5 Å². The van der Waals surface area contributed by atoms with Crippen molar-refractivity contribution < 1.29 is 8.42 Å². The third kappa shape index (κ3) is 5.03. The van der Waals surface area contributed by atoms with Gasteiger partial charge in [0.1, 0.15) is 5.82 Å². The highest BCUT2D eigenvalue weighted by Crippen LogP contribution is 2.11. The molecule has 0 aliphatic rings. The van der Waals surface area contributed by atoms with Crippen molar-refractivity contribution in [1.29, 1.82) is 0 Å². The highest BCUT2D eigenvalue weighted by Gasteiger charge is 2.15. The summed E-state index contributed by atoms with van der Waals surface area (Å²) in [5.74, 6) is 1.31. The summed E-state index contributed by atoms with van der Waals surface area (Å²) in [6.45, 7) is 3.71. The number of fused-ring (bicyclic) bond motifs is 1. The highest BCUT2D eigenvalue weighted by molar-refractivity contribution is 7.89. The first-order chi connectivity index (χ1) is 13.3. The van der Waals surface area contributed by atoms with Crippen LogP contribution in [0.5, 0.6) is 0 Å². The minimum absolute atomic E-state index is 0.205. The summed E-state index contributed by atoms with van der Waals surface area (Å²) in [4.78, 5) is 2.33. The zero-order chi connectivity index (χ0) is 20.1. The van der Waals surface area contributed by atoms with Gasteiger partial charge in [0.15, 0.2) is 11.5 Å². The number of anilines is 1. The Morgan fingerprint density at radius 3 is 2.68 bits per heavy atom. The summed E-state index contributed by atoms with van der Waals surface area (Å²) in [5, 5.41) is 16.0. The summed E-state index contributed by atoms with van der Waals surface area (Å²) in [6.07, 6.45) is 0.375. The van der Waals surface area contributed by atoms with Gasteiger partial charge >= 0.3 is 0 Å². The van der Waals surface area contributed by atoms with Crippen LogP contribution >= 0.6 is 0 Å². The monoisotopic (exact) mass is 403 g/mol. The van der Waals surface area contributed by atoms with Crippen molar-refractivity contribution in [2.24, 2.45) is 0 Å². The van der Waals surface area contributed by atoms with Crippen molar-refractivity contribution >= 4 is 21.5 Å². The SMILES string of the molecule is Cc1cccc(S(=O)(=O)NCCc2nnc3ccc(NCCN(C)C)nn23)c1. The minimum Gasteiger partial charge on any atom is -0.367 e. The minimum atomic E-state index is -3.56. The molecule has 9 nitrogen and oxygen atoms in total. The quantitative estimate of drug-likeness (QED) is 0.548. The fraction of sp³-hybridized carbons (Fsp3) is 0.389. The second-order valence-electron chi connectivity index (χ2n) is 6.80. The zero-order valence-corrected chi connectivity index (χ0v) is 17.1. The maximum absolute atomic E-state index is 12.4. The fourth-order valence-corrected chi connectivity index (χ4v) is 3.79. The van der Waals surface area contributed by atoms with E-state index in [0.29, 0.717) is 17.9 Å². The molecule has 0 radical (unpaired) electrons. The number of hydrogen-bond acceptors (Lipinski definition) is 7. The van der Waals surface area contributed by atoms with Gasteiger partial charge in [-0.3, -0.25) is 0 Å². The van der Waals surface area contributed by atoms with E-state index in [1.165, 1.54) is 0 Å². The maximum Gasteiger partial charge on any atom is 0.240 e. The van der Waals surface area contributed by atoms with Crippen LogP contribution in [0.1, 0.15) is 11.4 Å². The van der Waals surface area contributed by atoms with Crippen LogP contribution in [-0.4, -0.2) is 66.9 Å². The second kappa shape index (κ2) is 8.63. The predicted octanol–water partition coefficient (Wildman–Crippen LogP) is 0.927. The van der Waals surface area contributed by atoms with E-state index < -0.39 is 10.0 Å². The van der Waals surface area contributed by atoms with Gasteiger partial charge in [0.25, 0.3) is 0 Å². The molecule has 0 spiro atoms. The van der Waals surface area contributed by atoms with Crippen LogP contribution in [-0.2, 0) is 16.4 Å². The maximum atomic E-state index is 12.4. The number of aryl methyl sites for hydroxylation is 1. The summed E-state index contributed by atoms with van der Waals surface area (Å²) in [7, 11) is 0.453. The van der Waals surface area contributed by atoms with E-state index in [-0.39, 0.29) is 11.4 Å². The number of likely N-dealkylation sites (N-methyl/N-ethyl adjacent to an activating group) is 1. The average Bonchev–Trinajstić information content (AvgIpc) is 3.04. The van der Waals surface area contributed by atoms with Crippen molar-refractivity contribution in [2.45, 2.75) is 18.2 Å². The molecule has 0 saturated heterocycles. The van der Waals surface area contributed by atoms with Crippen LogP contribution in [0, 0.1) is 6.92 Å². The van der Waals surface area contributed by atoms with Crippen LogP contribution in [0.3, 0.4) is 0 Å². The van der Waals surface area contributed by atoms with Gasteiger partial charge in [-0.15, -0.1) is 15.3 Å². The Morgan fingerprint density at radius 2 is 1.93 bits per heavy atom. The molecule has 1 aromatic carbocycles. The number of hydrogen-bond donors (Lipinski definition) is 2. The fourth-order valence-electron chi connectivity index (χ4n) is 2.65. The van der Waals surface area contributed by atoms with E-state index in [9.17, 15) is 8.42 Å². The van der Waals surface area contributed by atoms with E-state index in [1.807, 2.05) is 39.2 Å². The van der Waals surface area contributed by atoms with Gasteiger partial charge in [-0.05, 0) is 50.8 Å². The molecular formula is C18H25N7O2S. The Hall–Kier alpha value is -2.56. The van der Waals surface area contributed by atoms with Crippen LogP contribution in [0.15, 0.2) is 41.3 Å². The van der Waals surface area contributed by atoms with E-state index in [4.69, 9.17) is 0 Å². The van der Waals surface area contributed by atoms with E-state index >= 15 is 0 Å². The lowest BCUT2D eigenvalue weighted by Crippen LogP contribution is -2.26. The number of aromatic nitrogens is 4. The van der Waals surface area contributed by atoms with Crippen LogP contribution < -0.4 is 10.0 Å². The third-order valence-electron chi connectivity index (χ3n) is 4.13. The molecule has 0 amide bonds. The average molecular weight is 404 g/mol. The Kier molecular flexibility index (Phi) is 6.22. The Labute approximate surface area is 164 Å². The topological polar surface area (TPSA) is 105 Å². The molecule has 0 unspecified atom stereocenters. The molecule has 0 bridgehead atoms. The Balaban J connectivity index is 1.65. The molecule has 3 rings (SSSR count). The molecule has 2 N–H and O–H groups in total. The first kappa shape index (κ1) is 20.2. The molecule has 28 heavy (non-hydrogen) atoms. The van der Waals surface area contributed by atoms with E-state index in [2.05, 4.69) is 30.2 Å². The molecule has 0 saturated carbocycles. The van der Waals surface area contributed by atoms with Crippen molar-refractivity contribution in [2.75, 3.05) is 39.0 Å². The normalized spacial score (nSPS) is 12.0. The molecular weight excluding hydrogens is 378 g/mol. The number of rotatable bonds is 9. The number of benzene rings is 1. The lowest BCUT2D eigenvalue weighted by molar-refractivity contribution is 0.425. The van der Waals surface area contributed by atoms with Gasteiger partial charge in [-0.2, -0.15) is 4.52 Å². The van der Waals surface area contributed by atoms with Crippen LogP contribution in [0.2, 0.25) is 0 Å². The first-order valence-corrected chi connectivity index (χ1v) is 10.5. The molecule has 2 heterocycles. The smallest absolute Gasteiger partial charge is 0.240 e. The van der Waals surface area contributed by atoms with Crippen molar-refractivity contribution in [3.05, 3.63) is 47.8 Å². The molecule has 0 atom stereocenters. The van der Waals surface area contributed by atoms with Gasteiger partial charge in [-0.25, -0.2) is 13.1 Å². The van der Waals surface area contributed by atoms with Gasteiger partial charge in [0.2, 0.25) is 10.0 Å². The summed E-state index contributed by atoms with van der Waals surface area (Å²) in [6, 6.07) is 10.5.